The maximum absolute atomic E-state index is 5.40. The summed E-state index contributed by atoms with van der Waals surface area (Å²) >= 11 is 1.92. The highest BCUT2D eigenvalue weighted by molar-refractivity contribution is 7.99. The molecule has 1 aliphatic rings. The fourth-order valence-electron chi connectivity index (χ4n) is 1.61. The van der Waals surface area contributed by atoms with Gasteiger partial charge in [0.2, 0.25) is 0 Å². The molecule has 4 heteroatoms. The Bertz CT molecular complexity index is 461. The fraction of sp³-hybridized carbons (Fsp3) is 0.429. The smallest absolute Gasteiger partial charge is 0.134 e. The van der Waals surface area contributed by atoms with E-state index in [1.165, 1.54) is 5.56 Å². The van der Waals surface area contributed by atoms with Crippen LogP contribution >= 0.6 is 11.8 Å². The molecule has 0 bridgehead atoms. The lowest BCUT2D eigenvalue weighted by atomic mass is 10.1. The maximum Gasteiger partial charge on any atom is 0.134 e. The average molecular weight is 263 g/mol. The molecule has 96 valence electrons. The third-order valence-corrected chi connectivity index (χ3v) is 3.93. The first-order valence-corrected chi connectivity index (χ1v) is 6.93. The van der Waals surface area contributed by atoms with Gasteiger partial charge < -0.3 is 15.2 Å². The second kappa shape index (κ2) is 6.69. The Labute approximate surface area is 112 Å². The summed E-state index contributed by atoms with van der Waals surface area (Å²) in [6.07, 6.45) is 0. The van der Waals surface area contributed by atoms with E-state index >= 15 is 0 Å². The molecule has 1 aliphatic heterocycles. The van der Waals surface area contributed by atoms with Crippen molar-refractivity contribution in [3.63, 3.8) is 0 Å². The Kier molecular flexibility index (Phi) is 4.94. The molecule has 0 spiro atoms. The predicted octanol–water partition coefficient (Wildman–Crippen LogP) is 1.64. The number of nitrogens with two attached hydrogens (primary N) is 1. The highest BCUT2D eigenvalue weighted by Gasteiger charge is 2.18. The van der Waals surface area contributed by atoms with Crippen molar-refractivity contribution in [3.05, 3.63) is 29.3 Å². The van der Waals surface area contributed by atoms with Crippen molar-refractivity contribution in [1.82, 2.24) is 0 Å². The van der Waals surface area contributed by atoms with Crippen molar-refractivity contribution in [1.29, 1.82) is 0 Å². The van der Waals surface area contributed by atoms with Gasteiger partial charge in [-0.15, -0.1) is 11.8 Å². The molecule has 3 nitrogen and oxygen atoms in total. The lowest BCUT2D eigenvalue weighted by molar-refractivity contribution is 0.0455. The first kappa shape index (κ1) is 13.3. The summed E-state index contributed by atoms with van der Waals surface area (Å²) in [6.45, 7) is 2.11. The van der Waals surface area contributed by atoms with Crippen LogP contribution in [0.3, 0.4) is 0 Å². The van der Waals surface area contributed by atoms with Crippen LogP contribution < -0.4 is 10.5 Å². The van der Waals surface area contributed by atoms with Crippen molar-refractivity contribution >= 4 is 11.8 Å². The molecule has 0 radical (unpaired) electrons. The number of hydrogen-bond acceptors (Lipinski definition) is 4. The zero-order valence-electron chi connectivity index (χ0n) is 10.4. The lowest BCUT2D eigenvalue weighted by Gasteiger charge is -2.25. The SMILES string of the molecule is COc1ccc(CSC2COC2)cc1C#CCN. The van der Waals surface area contributed by atoms with Crippen molar-refractivity contribution in [2.75, 3.05) is 26.9 Å². The molecule has 0 aliphatic carbocycles. The van der Waals surface area contributed by atoms with E-state index in [9.17, 15) is 0 Å². The summed E-state index contributed by atoms with van der Waals surface area (Å²) in [6, 6.07) is 6.13. The van der Waals surface area contributed by atoms with Crippen LogP contribution in [0.25, 0.3) is 0 Å². The zero-order valence-corrected chi connectivity index (χ0v) is 11.3. The second-order valence-corrected chi connectivity index (χ2v) is 5.30. The molecule has 0 saturated carbocycles. The molecule has 0 aromatic heterocycles. The van der Waals surface area contributed by atoms with Gasteiger partial charge in [0.05, 0.1) is 37.7 Å². The third kappa shape index (κ3) is 3.42. The molecule has 0 amide bonds. The zero-order chi connectivity index (χ0) is 12.8. The Morgan fingerprint density at radius 2 is 2.33 bits per heavy atom. The molecular weight excluding hydrogens is 246 g/mol. The predicted molar refractivity (Wildman–Crippen MR) is 74.8 cm³/mol. The molecule has 1 aromatic carbocycles. The number of rotatable bonds is 4. The first-order valence-electron chi connectivity index (χ1n) is 5.88. The topological polar surface area (TPSA) is 44.5 Å². The van der Waals surface area contributed by atoms with Gasteiger partial charge in [0.15, 0.2) is 0 Å². The van der Waals surface area contributed by atoms with Crippen molar-refractivity contribution in [3.8, 4) is 17.6 Å². The van der Waals surface area contributed by atoms with Gasteiger partial charge in [0.1, 0.15) is 5.75 Å². The first-order chi connectivity index (χ1) is 8.83. The van der Waals surface area contributed by atoms with E-state index in [0.717, 1.165) is 30.3 Å². The van der Waals surface area contributed by atoms with Gasteiger partial charge in [-0.25, -0.2) is 0 Å². The third-order valence-electron chi connectivity index (χ3n) is 2.68. The van der Waals surface area contributed by atoms with E-state index in [1.54, 1.807) is 7.11 Å². The Morgan fingerprint density at radius 1 is 1.50 bits per heavy atom. The van der Waals surface area contributed by atoms with Crippen LogP contribution in [0, 0.1) is 11.8 Å². The molecule has 1 aromatic rings. The van der Waals surface area contributed by atoms with E-state index in [2.05, 4.69) is 24.0 Å². The van der Waals surface area contributed by atoms with Crippen LogP contribution in [-0.4, -0.2) is 32.1 Å². The number of benzene rings is 1. The molecule has 1 heterocycles. The van der Waals surface area contributed by atoms with Gasteiger partial charge in [0, 0.05) is 5.75 Å². The number of thioether (sulfide) groups is 1. The monoisotopic (exact) mass is 263 g/mol. The number of hydrogen-bond donors (Lipinski definition) is 1. The molecule has 0 unspecified atom stereocenters. The summed E-state index contributed by atoms with van der Waals surface area (Å²) in [5, 5.41) is 0.644. The van der Waals surface area contributed by atoms with Crippen LogP contribution in [0.5, 0.6) is 5.75 Å². The minimum Gasteiger partial charge on any atom is -0.495 e. The average Bonchev–Trinajstić information content (AvgIpc) is 2.34. The lowest BCUT2D eigenvalue weighted by Crippen LogP contribution is -2.30. The largest absolute Gasteiger partial charge is 0.495 e. The van der Waals surface area contributed by atoms with Crippen molar-refractivity contribution in [2.45, 2.75) is 11.0 Å². The van der Waals surface area contributed by atoms with Crippen molar-refractivity contribution in [2.24, 2.45) is 5.73 Å². The summed E-state index contributed by atoms with van der Waals surface area (Å²) in [5.74, 6) is 7.69. The Balaban J connectivity index is 2.06. The highest BCUT2D eigenvalue weighted by Crippen LogP contribution is 2.26. The van der Waals surface area contributed by atoms with Gasteiger partial charge in [-0.1, -0.05) is 17.9 Å². The van der Waals surface area contributed by atoms with E-state index in [4.69, 9.17) is 15.2 Å². The summed E-state index contributed by atoms with van der Waals surface area (Å²) < 4.78 is 10.4. The van der Waals surface area contributed by atoms with Crippen LogP contribution in [0.1, 0.15) is 11.1 Å². The number of ether oxygens (including phenoxy) is 2. The summed E-state index contributed by atoms with van der Waals surface area (Å²) in [5.41, 5.74) is 7.56. The van der Waals surface area contributed by atoms with E-state index in [-0.39, 0.29) is 0 Å². The Hall–Kier alpha value is -1.15. The standard InChI is InChI=1S/C14H17NO2S/c1-16-14-5-4-11(7-12(14)3-2-6-15)10-18-13-8-17-9-13/h4-5,7,13H,6,8-10,15H2,1H3. The minimum atomic E-state index is 0.363. The van der Waals surface area contributed by atoms with Crippen LogP contribution in [0.2, 0.25) is 0 Å². The van der Waals surface area contributed by atoms with Gasteiger partial charge in [0.25, 0.3) is 0 Å². The number of methoxy groups -OCH3 is 1. The van der Waals surface area contributed by atoms with Gasteiger partial charge in [-0.2, -0.15) is 0 Å². The van der Waals surface area contributed by atoms with Gasteiger partial charge >= 0.3 is 0 Å². The fourth-order valence-corrected chi connectivity index (χ4v) is 2.61. The van der Waals surface area contributed by atoms with Gasteiger partial charge in [-0.05, 0) is 17.7 Å². The van der Waals surface area contributed by atoms with Crippen LogP contribution in [0.15, 0.2) is 18.2 Å². The molecule has 1 saturated heterocycles. The molecule has 2 rings (SSSR count). The van der Waals surface area contributed by atoms with E-state index in [1.807, 2.05) is 17.8 Å². The molecule has 1 fully saturated rings. The maximum atomic E-state index is 5.40. The van der Waals surface area contributed by atoms with Crippen LogP contribution in [0.4, 0.5) is 0 Å². The van der Waals surface area contributed by atoms with E-state index < -0.39 is 0 Å². The molecule has 2 N–H and O–H groups in total. The Morgan fingerprint density at radius 3 is 2.94 bits per heavy atom. The van der Waals surface area contributed by atoms with E-state index in [0.29, 0.717) is 11.8 Å². The van der Waals surface area contributed by atoms with Gasteiger partial charge in [-0.3, -0.25) is 0 Å². The summed E-state index contributed by atoms with van der Waals surface area (Å²) in [4.78, 5) is 0. The van der Waals surface area contributed by atoms with Crippen molar-refractivity contribution < 1.29 is 9.47 Å². The van der Waals surface area contributed by atoms with Crippen LogP contribution in [-0.2, 0) is 10.5 Å². The molecular formula is C14H17NO2S. The minimum absolute atomic E-state index is 0.363. The molecule has 18 heavy (non-hydrogen) atoms. The normalized spacial score (nSPS) is 14.6. The molecule has 0 atom stereocenters. The summed E-state index contributed by atoms with van der Waals surface area (Å²) in [7, 11) is 1.66. The highest BCUT2D eigenvalue weighted by atomic mass is 32.2. The quantitative estimate of drug-likeness (QED) is 0.839. The second-order valence-electron chi connectivity index (χ2n) is 4.01.